The summed E-state index contributed by atoms with van der Waals surface area (Å²) >= 11 is 0. The summed E-state index contributed by atoms with van der Waals surface area (Å²) in [7, 11) is 1.55. The topological polar surface area (TPSA) is 42.0 Å². The summed E-state index contributed by atoms with van der Waals surface area (Å²) in [4.78, 5) is 16.6. The fraction of sp³-hybridized carbons (Fsp3) is 0.522. The number of likely N-dealkylation sites (N-methyl/N-ethyl adjacent to an activating group) is 1. The second kappa shape index (κ2) is 13.1. The summed E-state index contributed by atoms with van der Waals surface area (Å²) < 4.78 is 11.1. The largest absolute Gasteiger partial charge is 0.497 e. The maximum absolute atomic E-state index is 12.5. The van der Waals surface area contributed by atoms with E-state index in [1.807, 2.05) is 24.3 Å². The number of carbonyl (C=O) groups is 1. The summed E-state index contributed by atoms with van der Waals surface area (Å²) in [6.45, 7) is 15.3. The normalized spacial score (nSPS) is 16.7. The molecule has 0 saturated carbocycles. The number of amides is 1. The van der Waals surface area contributed by atoms with E-state index >= 15 is 0 Å². The summed E-state index contributed by atoms with van der Waals surface area (Å²) in [6.07, 6.45) is 13.6. The number of hydrogen-bond donors (Lipinski definition) is 0. The zero-order chi connectivity index (χ0) is 20.9. The van der Waals surface area contributed by atoms with Gasteiger partial charge >= 0.3 is 0 Å². The number of methoxy groups -OCH3 is 1. The van der Waals surface area contributed by atoms with Crippen molar-refractivity contribution in [3.63, 3.8) is 0 Å². The minimum atomic E-state index is -0.123. The van der Waals surface area contributed by atoms with E-state index in [0.29, 0.717) is 37.6 Å². The summed E-state index contributed by atoms with van der Waals surface area (Å²) in [5.41, 5.74) is 0.770. The molecular formula is C23H36N2O3. The Morgan fingerprint density at radius 1 is 1.39 bits per heavy atom. The van der Waals surface area contributed by atoms with Crippen LogP contribution in [0.25, 0.3) is 0 Å². The number of rotatable bonds is 12. The molecule has 28 heavy (non-hydrogen) atoms. The highest BCUT2D eigenvalue weighted by Gasteiger charge is 2.18. The molecular weight excluding hydrogens is 352 g/mol. The van der Waals surface area contributed by atoms with Gasteiger partial charge in [0.15, 0.2) is 0 Å². The molecule has 1 amide bonds. The first-order valence-electron chi connectivity index (χ1n) is 10.0. The van der Waals surface area contributed by atoms with E-state index in [2.05, 4.69) is 39.2 Å². The average molecular weight is 389 g/mol. The summed E-state index contributed by atoms with van der Waals surface area (Å²) in [6, 6.07) is 0.917. The van der Waals surface area contributed by atoms with E-state index < -0.39 is 0 Å². The van der Waals surface area contributed by atoms with Gasteiger partial charge in [-0.3, -0.25) is 9.69 Å². The molecule has 156 valence electrons. The molecule has 0 bridgehead atoms. The lowest BCUT2D eigenvalue weighted by atomic mass is 10.1. The molecule has 0 aromatic rings. The van der Waals surface area contributed by atoms with Gasteiger partial charge in [0.2, 0.25) is 0 Å². The molecule has 0 unspecified atom stereocenters. The summed E-state index contributed by atoms with van der Waals surface area (Å²) in [5, 5.41) is 0. The number of allylic oxidation sites excluding steroid dienone is 4. The molecule has 0 aliphatic carbocycles. The third-order valence-electron chi connectivity index (χ3n) is 4.72. The Labute approximate surface area is 170 Å². The molecule has 1 aliphatic rings. The molecule has 5 heteroatoms. The van der Waals surface area contributed by atoms with E-state index in [0.717, 1.165) is 18.7 Å². The highest BCUT2D eigenvalue weighted by Crippen LogP contribution is 2.14. The van der Waals surface area contributed by atoms with E-state index in [4.69, 9.17) is 9.47 Å². The maximum atomic E-state index is 12.5. The Hall–Kier alpha value is -2.11. The lowest BCUT2D eigenvalue weighted by Gasteiger charge is -2.33. The Morgan fingerprint density at radius 3 is 2.71 bits per heavy atom. The zero-order valence-electron chi connectivity index (χ0n) is 18.1. The van der Waals surface area contributed by atoms with Crippen LogP contribution in [0, 0.1) is 0 Å². The van der Waals surface area contributed by atoms with Crippen LogP contribution in [0.5, 0.6) is 0 Å². The van der Waals surface area contributed by atoms with Gasteiger partial charge in [0.05, 0.1) is 20.3 Å². The second-order valence-electron chi connectivity index (χ2n) is 6.86. The van der Waals surface area contributed by atoms with Crippen molar-refractivity contribution in [1.29, 1.82) is 0 Å². The van der Waals surface area contributed by atoms with Crippen LogP contribution in [0.2, 0.25) is 0 Å². The fourth-order valence-electron chi connectivity index (χ4n) is 3.26. The number of carbonyl (C=O) groups excluding carboxylic acids is 1. The van der Waals surface area contributed by atoms with Crippen LogP contribution in [0.15, 0.2) is 60.6 Å². The van der Waals surface area contributed by atoms with Crippen molar-refractivity contribution in [2.24, 2.45) is 0 Å². The van der Waals surface area contributed by atoms with Gasteiger partial charge in [-0.2, -0.15) is 0 Å². The van der Waals surface area contributed by atoms with Crippen LogP contribution in [0.4, 0.5) is 0 Å². The quantitative estimate of drug-likeness (QED) is 0.373. The van der Waals surface area contributed by atoms with Crippen molar-refractivity contribution < 1.29 is 14.3 Å². The van der Waals surface area contributed by atoms with Crippen molar-refractivity contribution in [1.82, 2.24) is 9.80 Å². The molecule has 0 saturated heterocycles. The van der Waals surface area contributed by atoms with Crippen LogP contribution < -0.4 is 0 Å². The van der Waals surface area contributed by atoms with E-state index in [1.54, 1.807) is 24.2 Å². The fourth-order valence-corrected chi connectivity index (χ4v) is 3.26. The van der Waals surface area contributed by atoms with Crippen molar-refractivity contribution in [3.8, 4) is 0 Å². The van der Waals surface area contributed by atoms with Gasteiger partial charge in [0.25, 0.3) is 5.91 Å². The van der Waals surface area contributed by atoms with Crippen LogP contribution in [0.1, 0.15) is 34.1 Å². The maximum Gasteiger partial charge on any atom is 0.254 e. The second-order valence-corrected chi connectivity index (χ2v) is 6.86. The van der Waals surface area contributed by atoms with Crippen LogP contribution in [0.3, 0.4) is 0 Å². The van der Waals surface area contributed by atoms with Crippen molar-refractivity contribution in [3.05, 3.63) is 60.6 Å². The SMILES string of the molecule is C=C/C=C(\C=C/COC[C@@H](CC)N(CC)C(C)C)N1CC=CC(OC)=CC1=O. The van der Waals surface area contributed by atoms with E-state index in [1.165, 1.54) is 6.08 Å². The van der Waals surface area contributed by atoms with Gasteiger partial charge in [0, 0.05) is 30.4 Å². The molecule has 0 aromatic heterocycles. The molecule has 1 aliphatic heterocycles. The van der Waals surface area contributed by atoms with Crippen LogP contribution in [-0.2, 0) is 14.3 Å². The third-order valence-corrected chi connectivity index (χ3v) is 4.72. The molecule has 5 nitrogen and oxygen atoms in total. The lowest BCUT2D eigenvalue weighted by molar-refractivity contribution is -0.123. The first kappa shape index (κ1) is 23.9. The number of hydrogen-bond acceptors (Lipinski definition) is 4. The third kappa shape index (κ3) is 7.49. The average Bonchev–Trinajstić information content (AvgIpc) is 2.86. The van der Waals surface area contributed by atoms with Crippen molar-refractivity contribution in [2.45, 2.75) is 46.2 Å². The minimum absolute atomic E-state index is 0.123. The number of nitrogens with zero attached hydrogens (tertiary/aromatic N) is 2. The first-order chi connectivity index (χ1) is 13.5. The highest BCUT2D eigenvalue weighted by molar-refractivity contribution is 5.90. The smallest absolute Gasteiger partial charge is 0.254 e. The van der Waals surface area contributed by atoms with Gasteiger partial charge in [-0.15, -0.1) is 0 Å². The van der Waals surface area contributed by atoms with Gasteiger partial charge in [-0.25, -0.2) is 0 Å². The zero-order valence-corrected chi connectivity index (χ0v) is 18.1. The van der Waals surface area contributed by atoms with Crippen molar-refractivity contribution >= 4 is 5.91 Å². The van der Waals surface area contributed by atoms with Crippen molar-refractivity contribution in [2.75, 3.05) is 33.4 Å². The van der Waals surface area contributed by atoms with Crippen LogP contribution >= 0.6 is 0 Å². The molecule has 0 radical (unpaired) electrons. The van der Waals surface area contributed by atoms with Gasteiger partial charge in [0.1, 0.15) is 5.76 Å². The molecule has 1 rings (SSSR count). The standard InChI is InChI=1S/C23H36N2O3/c1-7-12-21(25-15-10-14-22(27-6)17-23(25)26)13-11-16-28-18-20(8-2)24(9-3)19(4)5/h7,10-14,17,19-20H,1,8-9,15-16,18H2,2-6H3/b13-11-,21-12+/t20-/m1/s1. The minimum Gasteiger partial charge on any atom is -0.497 e. The molecule has 0 spiro atoms. The Bertz CT molecular complexity index is 617. The molecule has 0 N–H and O–H groups in total. The number of ether oxygens (including phenoxy) is 2. The highest BCUT2D eigenvalue weighted by atomic mass is 16.5. The lowest BCUT2D eigenvalue weighted by Crippen LogP contribution is -2.42. The predicted molar refractivity (Wildman–Crippen MR) is 116 cm³/mol. The van der Waals surface area contributed by atoms with Crippen LogP contribution in [-0.4, -0.2) is 61.2 Å². The van der Waals surface area contributed by atoms with E-state index in [9.17, 15) is 4.79 Å². The summed E-state index contributed by atoms with van der Waals surface area (Å²) in [5.74, 6) is 0.427. The van der Waals surface area contributed by atoms with Gasteiger partial charge in [-0.1, -0.05) is 38.7 Å². The molecule has 0 aromatic carbocycles. The predicted octanol–water partition coefficient (Wildman–Crippen LogP) is 4.07. The Morgan fingerprint density at radius 2 is 2.14 bits per heavy atom. The molecule has 1 atom stereocenters. The Kier molecular flexibility index (Phi) is 11.2. The van der Waals surface area contributed by atoms with Gasteiger partial charge in [-0.05, 0) is 45.0 Å². The van der Waals surface area contributed by atoms with E-state index in [-0.39, 0.29) is 5.91 Å². The first-order valence-corrected chi connectivity index (χ1v) is 10.0. The molecule has 1 heterocycles. The monoisotopic (exact) mass is 388 g/mol. The Balaban J connectivity index is 2.68. The molecule has 0 fully saturated rings. The van der Waals surface area contributed by atoms with Gasteiger partial charge < -0.3 is 14.4 Å².